The highest BCUT2D eigenvalue weighted by Crippen LogP contribution is 1.95. The predicted molar refractivity (Wildman–Crippen MR) is 64.7 cm³/mol. The number of carbonyl (C=O) groups excluding carboxylic acids is 1. The molecule has 0 aliphatic carbocycles. The van der Waals surface area contributed by atoms with Gasteiger partial charge in [-0.15, -0.1) is 0 Å². The molecular formula is C10H20N2O2S. The van der Waals surface area contributed by atoms with Gasteiger partial charge in [0.2, 0.25) is 5.91 Å². The van der Waals surface area contributed by atoms with E-state index in [4.69, 9.17) is 22.7 Å². The highest BCUT2D eigenvalue weighted by Gasteiger charge is 2.07. The van der Waals surface area contributed by atoms with E-state index >= 15 is 0 Å². The third kappa shape index (κ3) is 9.62. The molecule has 0 fully saturated rings. The summed E-state index contributed by atoms with van der Waals surface area (Å²) in [6.07, 6.45) is 1.79. The second kappa shape index (κ2) is 8.61. The van der Waals surface area contributed by atoms with Gasteiger partial charge >= 0.3 is 0 Å². The van der Waals surface area contributed by atoms with Crippen molar-refractivity contribution < 1.29 is 9.53 Å². The molecule has 5 heteroatoms. The average molecular weight is 232 g/mol. The van der Waals surface area contributed by atoms with Crippen LogP contribution in [-0.2, 0) is 9.53 Å². The number of nitrogens with one attached hydrogen (secondary N) is 1. The zero-order chi connectivity index (χ0) is 11.7. The van der Waals surface area contributed by atoms with Crippen LogP contribution in [0.25, 0.3) is 0 Å². The van der Waals surface area contributed by atoms with Crippen LogP contribution in [0.4, 0.5) is 0 Å². The van der Waals surface area contributed by atoms with Gasteiger partial charge in [-0.25, -0.2) is 0 Å². The molecule has 0 rings (SSSR count). The Morgan fingerprint density at radius 2 is 2.27 bits per heavy atom. The van der Waals surface area contributed by atoms with Crippen molar-refractivity contribution in [2.24, 2.45) is 5.73 Å². The Bertz CT molecular complexity index is 210. The number of carbonyl (C=O) groups is 1. The first-order chi connectivity index (χ1) is 7.06. The Kier molecular flexibility index (Phi) is 8.22. The molecule has 0 saturated carbocycles. The second-order valence-corrected chi connectivity index (χ2v) is 3.96. The van der Waals surface area contributed by atoms with E-state index in [0.717, 1.165) is 6.42 Å². The van der Waals surface area contributed by atoms with Gasteiger partial charge in [0, 0.05) is 32.1 Å². The van der Waals surface area contributed by atoms with Crippen LogP contribution in [0.5, 0.6) is 0 Å². The third-order valence-corrected chi connectivity index (χ3v) is 1.98. The van der Waals surface area contributed by atoms with Crippen molar-refractivity contribution in [3.63, 3.8) is 0 Å². The lowest BCUT2D eigenvalue weighted by molar-refractivity contribution is -0.122. The molecule has 0 saturated heterocycles. The normalized spacial score (nSPS) is 12.1. The van der Waals surface area contributed by atoms with Crippen LogP contribution in [0.15, 0.2) is 0 Å². The Morgan fingerprint density at radius 1 is 1.60 bits per heavy atom. The topological polar surface area (TPSA) is 64.3 Å². The molecule has 1 atom stereocenters. The lowest BCUT2D eigenvalue weighted by Crippen LogP contribution is -2.35. The standard InChI is InChI=1S/C10H20N2O2S/c1-3-14-6-4-5-10(13)12-8(2)7-9(11)15/h8H,3-7H2,1-2H3,(H2,11,15)(H,12,13). The number of thiocarbonyl (C=S) groups is 1. The lowest BCUT2D eigenvalue weighted by atomic mass is 10.2. The van der Waals surface area contributed by atoms with Crippen LogP contribution in [0.2, 0.25) is 0 Å². The summed E-state index contributed by atoms with van der Waals surface area (Å²) in [6.45, 7) is 5.15. The van der Waals surface area contributed by atoms with E-state index in [-0.39, 0.29) is 11.9 Å². The number of ether oxygens (including phenoxy) is 1. The maximum absolute atomic E-state index is 11.3. The Labute approximate surface area is 96.5 Å². The van der Waals surface area contributed by atoms with E-state index in [1.165, 1.54) is 0 Å². The molecule has 0 radical (unpaired) electrons. The average Bonchev–Trinajstić information content (AvgIpc) is 2.10. The van der Waals surface area contributed by atoms with Crippen LogP contribution in [-0.4, -0.2) is 30.2 Å². The van der Waals surface area contributed by atoms with E-state index in [0.29, 0.717) is 31.0 Å². The minimum atomic E-state index is 0.0158. The number of hydrogen-bond donors (Lipinski definition) is 2. The first-order valence-corrected chi connectivity index (χ1v) is 5.62. The number of amides is 1. The van der Waals surface area contributed by atoms with Gasteiger partial charge in [-0.2, -0.15) is 0 Å². The molecule has 0 aliphatic rings. The van der Waals surface area contributed by atoms with Crippen molar-refractivity contribution in [1.29, 1.82) is 0 Å². The molecule has 0 aliphatic heterocycles. The molecule has 0 bridgehead atoms. The van der Waals surface area contributed by atoms with E-state index in [2.05, 4.69) is 5.32 Å². The Hall–Kier alpha value is -0.680. The van der Waals surface area contributed by atoms with Gasteiger partial charge in [-0.05, 0) is 20.3 Å². The summed E-state index contributed by atoms with van der Waals surface area (Å²) in [5, 5.41) is 2.83. The summed E-state index contributed by atoms with van der Waals surface area (Å²) in [6, 6.07) is 0.0158. The van der Waals surface area contributed by atoms with Crippen LogP contribution in [0.3, 0.4) is 0 Å². The fourth-order valence-corrected chi connectivity index (χ4v) is 1.43. The minimum absolute atomic E-state index is 0.0158. The summed E-state index contributed by atoms with van der Waals surface area (Å²) >= 11 is 4.75. The van der Waals surface area contributed by atoms with Crippen molar-refractivity contribution in [3.8, 4) is 0 Å². The highest BCUT2D eigenvalue weighted by atomic mass is 32.1. The summed E-state index contributed by atoms with van der Waals surface area (Å²) in [7, 11) is 0. The molecule has 1 amide bonds. The Morgan fingerprint density at radius 3 is 2.80 bits per heavy atom. The zero-order valence-electron chi connectivity index (χ0n) is 9.41. The van der Waals surface area contributed by atoms with Crippen LogP contribution < -0.4 is 11.1 Å². The van der Waals surface area contributed by atoms with Crippen LogP contribution >= 0.6 is 12.2 Å². The number of rotatable bonds is 8. The molecule has 4 nitrogen and oxygen atoms in total. The van der Waals surface area contributed by atoms with Gasteiger partial charge in [0.25, 0.3) is 0 Å². The lowest BCUT2D eigenvalue weighted by Gasteiger charge is -2.12. The van der Waals surface area contributed by atoms with Crippen molar-refractivity contribution >= 4 is 23.1 Å². The molecular weight excluding hydrogens is 212 g/mol. The molecule has 0 aromatic carbocycles. The van der Waals surface area contributed by atoms with E-state index in [9.17, 15) is 4.79 Å². The van der Waals surface area contributed by atoms with Gasteiger partial charge in [-0.3, -0.25) is 4.79 Å². The first kappa shape index (κ1) is 14.3. The fourth-order valence-electron chi connectivity index (χ4n) is 1.18. The first-order valence-electron chi connectivity index (χ1n) is 5.21. The number of nitrogens with two attached hydrogens (primary N) is 1. The Balaban J connectivity index is 3.51. The van der Waals surface area contributed by atoms with Crippen molar-refractivity contribution in [2.45, 2.75) is 39.2 Å². The molecule has 0 spiro atoms. The van der Waals surface area contributed by atoms with Crippen molar-refractivity contribution in [2.75, 3.05) is 13.2 Å². The van der Waals surface area contributed by atoms with E-state index in [1.54, 1.807) is 0 Å². The molecule has 3 N–H and O–H groups in total. The van der Waals surface area contributed by atoms with Gasteiger partial charge in [-0.1, -0.05) is 12.2 Å². The molecule has 88 valence electrons. The van der Waals surface area contributed by atoms with E-state index in [1.807, 2.05) is 13.8 Å². The summed E-state index contributed by atoms with van der Waals surface area (Å²) < 4.78 is 5.13. The van der Waals surface area contributed by atoms with Gasteiger partial charge < -0.3 is 15.8 Å². The molecule has 0 heterocycles. The maximum atomic E-state index is 11.3. The third-order valence-electron chi connectivity index (χ3n) is 1.81. The molecule has 0 aromatic heterocycles. The number of hydrogen-bond acceptors (Lipinski definition) is 3. The van der Waals surface area contributed by atoms with Gasteiger partial charge in [0.1, 0.15) is 0 Å². The van der Waals surface area contributed by atoms with E-state index < -0.39 is 0 Å². The van der Waals surface area contributed by atoms with Crippen LogP contribution in [0.1, 0.15) is 33.1 Å². The molecule has 0 aromatic rings. The smallest absolute Gasteiger partial charge is 0.220 e. The van der Waals surface area contributed by atoms with Crippen LogP contribution in [0, 0.1) is 0 Å². The molecule has 15 heavy (non-hydrogen) atoms. The fraction of sp³-hybridized carbons (Fsp3) is 0.800. The quantitative estimate of drug-likeness (QED) is 0.484. The second-order valence-electron chi connectivity index (χ2n) is 3.44. The minimum Gasteiger partial charge on any atom is -0.393 e. The monoisotopic (exact) mass is 232 g/mol. The summed E-state index contributed by atoms with van der Waals surface area (Å²) in [4.78, 5) is 11.8. The SMILES string of the molecule is CCOCCCC(=O)NC(C)CC(N)=S. The molecule has 1 unspecified atom stereocenters. The summed E-state index contributed by atoms with van der Waals surface area (Å²) in [5.41, 5.74) is 5.37. The largest absolute Gasteiger partial charge is 0.393 e. The van der Waals surface area contributed by atoms with Gasteiger partial charge in [0.05, 0.1) is 4.99 Å². The maximum Gasteiger partial charge on any atom is 0.220 e. The highest BCUT2D eigenvalue weighted by molar-refractivity contribution is 7.80. The predicted octanol–water partition coefficient (Wildman–Crippen LogP) is 0.984. The van der Waals surface area contributed by atoms with Gasteiger partial charge in [0.15, 0.2) is 0 Å². The van der Waals surface area contributed by atoms with Crippen molar-refractivity contribution in [1.82, 2.24) is 5.32 Å². The van der Waals surface area contributed by atoms with Crippen molar-refractivity contribution in [3.05, 3.63) is 0 Å². The zero-order valence-corrected chi connectivity index (χ0v) is 10.2. The summed E-state index contributed by atoms with van der Waals surface area (Å²) in [5.74, 6) is 0.0263.